The molecule has 1 aliphatic rings. The Morgan fingerprint density at radius 1 is 1.15 bits per heavy atom. The average Bonchev–Trinajstić information content (AvgIpc) is 2.67. The van der Waals surface area contributed by atoms with Gasteiger partial charge in [0.2, 0.25) is 0 Å². The van der Waals surface area contributed by atoms with E-state index in [0.717, 1.165) is 48.3 Å². The minimum absolute atomic E-state index is 0.0332. The van der Waals surface area contributed by atoms with Crippen LogP contribution in [0.15, 0.2) is 36.7 Å². The largest absolute Gasteiger partial charge is 0.504 e. The number of aliphatic hydroxyl groups is 1. The van der Waals surface area contributed by atoms with Crippen molar-refractivity contribution < 1.29 is 14.9 Å². The molecular weight excluding hydrogens is 344 g/mol. The quantitative estimate of drug-likeness (QED) is 0.736. The van der Waals surface area contributed by atoms with Crippen LogP contribution in [-0.2, 0) is 0 Å². The lowest BCUT2D eigenvalue weighted by Crippen LogP contribution is -2.42. The molecule has 0 unspecified atom stereocenters. The first-order valence-electron chi connectivity index (χ1n) is 8.93. The van der Waals surface area contributed by atoms with Crippen LogP contribution < -0.4 is 9.64 Å². The molecule has 2 aromatic heterocycles. The third-order valence-electron chi connectivity index (χ3n) is 5.16. The number of phenols is 1. The Morgan fingerprint density at radius 3 is 2.59 bits per heavy atom. The van der Waals surface area contributed by atoms with Gasteiger partial charge < -0.3 is 19.8 Å². The standard InChI is InChI=1S/C20H22N4O3/c1-20(26)5-7-24(8-6-20)19-4-3-13(11-21-19)15-12-22-23-16-10-17(25)18(27-2)9-14(15)16/h3-4,9-12,25-26H,5-8H2,1-2H3. The van der Waals surface area contributed by atoms with Crippen LogP contribution in [0.3, 0.4) is 0 Å². The maximum Gasteiger partial charge on any atom is 0.161 e. The van der Waals surface area contributed by atoms with E-state index in [4.69, 9.17) is 4.74 Å². The molecule has 0 spiro atoms. The van der Waals surface area contributed by atoms with Gasteiger partial charge in [0.1, 0.15) is 5.82 Å². The van der Waals surface area contributed by atoms with Gasteiger partial charge >= 0.3 is 0 Å². The summed E-state index contributed by atoms with van der Waals surface area (Å²) in [6.07, 6.45) is 4.97. The molecule has 3 aromatic rings. The van der Waals surface area contributed by atoms with E-state index in [0.29, 0.717) is 11.3 Å². The number of rotatable bonds is 3. The molecule has 27 heavy (non-hydrogen) atoms. The highest BCUT2D eigenvalue weighted by Crippen LogP contribution is 2.35. The summed E-state index contributed by atoms with van der Waals surface area (Å²) in [5.74, 6) is 1.32. The Morgan fingerprint density at radius 2 is 1.93 bits per heavy atom. The van der Waals surface area contributed by atoms with Gasteiger partial charge in [-0.3, -0.25) is 0 Å². The van der Waals surface area contributed by atoms with Crippen LogP contribution in [0.4, 0.5) is 5.82 Å². The van der Waals surface area contributed by atoms with Gasteiger partial charge in [-0.1, -0.05) is 0 Å². The highest BCUT2D eigenvalue weighted by atomic mass is 16.5. The molecular formula is C20H22N4O3. The van der Waals surface area contributed by atoms with Gasteiger partial charge in [0.15, 0.2) is 11.5 Å². The highest BCUT2D eigenvalue weighted by Gasteiger charge is 2.27. The minimum Gasteiger partial charge on any atom is -0.504 e. The first-order chi connectivity index (χ1) is 13.0. The van der Waals surface area contributed by atoms with Crippen molar-refractivity contribution in [2.24, 2.45) is 0 Å². The summed E-state index contributed by atoms with van der Waals surface area (Å²) < 4.78 is 5.22. The number of aromatic nitrogens is 3. The first kappa shape index (κ1) is 17.5. The molecule has 1 saturated heterocycles. The molecule has 1 fully saturated rings. The fourth-order valence-electron chi connectivity index (χ4n) is 3.42. The van der Waals surface area contributed by atoms with Crippen LogP contribution in [0.2, 0.25) is 0 Å². The molecule has 1 aromatic carbocycles. The normalized spacial score (nSPS) is 16.5. The number of benzene rings is 1. The molecule has 4 rings (SSSR count). The molecule has 2 N–H and O–H groups in total. The van der Waals surface area contributed by atoms with Gasteiger partial charge in [-0.15, -0.1) is 0 Å². The van der Waals surface area contributed by atoms with Crippen molar-refractivity contribution in [2.45, 2.75) is 25.4 Å². The zero-order valence-corrected chi connectivity index (χ0v) is 15.4. The van der Waals surface area contributed by atoms with Gasteiger partial charge in [0, 0.05) is 41.9 Å². The van der Waals surface area contributed by atoms with Crippen LogP contribution in [0.25, 0.3) is 22.0 Å². The second-order valence-electron chi connectivity index (χ2n) is 7.19. The molecule has 0 atom stereocenters. The Hall–Kier alpha value is -2.93. The number of phenolic OH excluding ortho intramolecular Hbond substituents is 1. The summed E-state index contributed by atoms with van der Waals surface area (Å²) >= 11 is 0. The third-order valence-corrected chi connectivity index (χ3v) is 5.16. The Bertz CT molecular complexity index is 963. The van der Waals surface area contributed by atoms with Crippen molar-refractivity contribution >= 4 is 16.7 Å². The van der Waals surface area contributed by atoms with E-state index in [-0.39, 0.29) is 5.75 Å². The van der Waals surface area contributed by atoms with Crippen molar-refractivity contribution in [2.75, 3.05) is 25.1 Å². The molecule has 3 heterocycles. The number of hydrogen-bond acceptors (Lipinski definition) is 7. The van der Waals surface area contributed by atoms with Crippen molar-refractivity contribution in [3.63, 3.8) is 0 Å². The predicted octanol–water partition coefficient (Wildman–Crippen LogP) is 2.76. The molecule has 7 heteroatoms. The Labute approximate surface area is 157 Å². The van der Waals surface area contributed by atoms with E-state index < -0.39 is 5.60 Å². The van der Waals surface area contributed by atoms with Gasteiger partial charge in [0.05, 0.1) is 24.4 Å². The van der Waals surface area contributed by atoms with Crippen LogP contribution in [0.5, 0.6) is 11.5 Å². The third kappa shape index (κ3) is 3.38. The molecule has 0 bridgehead atoms. The molecule has 0 aliphatic carbocycles. The van der Waals surface area contributed by atoms with E-state index in [1.807, 2.05) is 25.3 Å². The van der Waals surface area contributed by atoms with Crippen LogP contribution in [-0.4, -0.2) is 51.2 Å². The number of aromatic hydroxyl groups is 1. The minimum atomic E-state index is -0.581. The smallest absolute Gasteiger partial charge is 0.161 e. The zero-order chi connectivity index (χ0) is 19.0. The number of methoxy groups -OCH3 is 1. The predicted molar refractivity (Wildman–Crippen MR) is 103 cm³/mol. The number of piperidine rings is 1. The zero-order valence-electron chi connectivity index (χ0n) is 15.4. The fourth-order valence-corrected chi connectivity index (χ4v) is 3.42. The van der Waals surface area contributed by atoms with Gasteiger partial charge in [-0.25, -0.2) is 4.98 Å². The summed E-state index contributed by atoms with van der Waals surface area (Å²) in [5.41, 5.74) is 1.80. The fraction of sp³-hybridized carbons (Fsp3) is 0.350. The Balaban J connectivity index is 1.66. The topological polar surface area (TPSA) is 91.6 Å². The SMILES string of the molecule is COc1cc2c(-c3ccc(N4CCC(C)(O)CC4)nc3)cnnc2cc1O. The lowest BCUT2D eigenvalue weighted by atomic mass is 9.94. The lowest BCUT2D eigenvalue weighted by molar-refractivity contribution is 0.0350. The van der Waals surface area contributed by atoms with Crippen molar-refractivity contribution in [1.29, 1.82) is 0 Å². The number of hydrogen-bond donors (Lipinski definition) is 2. The second-order valence-corrected chi connectivity index (χ2v) is 7.19. The number of pyridine rings is 1. The van der Waals surface area contributed by atoms with Crippen molar-refractivity contribution in [1.82, 2.24) is 15.2 Å². The van der Waals surface area contributed by atoms with Gasteiger partial charge in [-0.05, 0) is 38.0 Å². The van der Waals surface area contributed by atoms with Gasteiger partial charge in [0.25, 0.3) is 0 Å². The number of anilines is 1. The average molecular weight is 366 g/mol. The maximum atomic E-state index is 10.1. The summed E-state index contributed by atoms with van der Waals surface area (Å²) in [7, 11) is 1.52. The lowest BCUT2D eigenvalue weighted by Gasteiger charge is -2.36. The monoisotopic (exact) mass is 366 g/mol. The Kier molecular flexibility index (Phi) is 4.31. The summed E-state index contributed by atoms with van der Waals surface area (Å²) in [6.45, 7) is 3.46. The van der Waals surface area contributed by atoms with E-state index in [1.165, 1.54) is 7.11 Å². The molecule has 7 nitrogen and oxygen atoms in total. The number of nitrogens with zero attached hydrogens (tertiary/aromatic N) is 4. The molecule has 0 radical (unpaired) electrons. The van der Waals surface area contributed by atoms with Crippen molar-refractivity contribution in [3.05, 3.63) is 36.7 Å². The number of fused-ring (bicyclic) bond motifs is 1. The molecule has 1 aliphatic heterocycles. The van der Waals surface area contributed by atoms with E-state index >= 15 is 0 Å². The van der Waals surface area contributed by atoms with E-state index in [2.05, 4.69) is 20.1 Å². The summed E-state index contributed by atoms with van der Waals surface area (Å²) in [6, 6.07) is 7.30. The second kappa shape index (κ2) is 6.66. The van der Waals surface area contributed by atoms with E-state index in [1.54, 1.807) is 18.3 Å². The molecule has 0 amide bonds. The van der Waals surface area contributed by atoms with E-state index in [9.17, 15) is 10.2 Å². The molecule has 0 saturated carbocycles. The summed E-state index contributed by atoms with van der Waals surface area (Å²) in [5, 5.41) is 29.0. The van der Waals surface area contributed by atoms with Crippen LogP contribution >= 0.6 is 0 Å². The van der Waals surface area contributed by atoms with Crippen molar-refractivity contribution in [3.8, 4) is 22.6 Å². The molecule has 140 valence electrons. The summed E-state index contributed by atoms with van der Waals surface area (Å²) in [4.78, 5) is 6.80. The maximum absolute atomic E-state index is 10.1. The highest BCUT2D eigenvalue weighted by molar-refractivity contribution is 5.95. The number of ether oxygens (including phenoxy) is 1. The van der Waals surface area contributed by atoms with Crippen LogP contribution in [0, 0.1) is 0 Å². The first-order valence-corrected chi connectivity index (χ1v) is 8.93. The van der Waals surface area contributed by atoms with Crippen LogP contribution in [0.1, 0.15) is 19.8 Å². The van der Waals surface area contributed by atoms with Gasteiger partial charge in [-0.2, -0.15) is 10.2 Å².